The summed E-state index contributed by atoms with van der Waals surface area (Å²) in [6, 6.07) is 28.0. The molecule has 4 heteroatoms. The molecule has 0 saturated carbocycles. The van der Waals surface area contributed by atoms with E-state index < -0.39 is 6.10 Å². The van der Waals surface area contributed by atoms with Gasteiger partial charge in [0.1, 0.15) is 18.1 Å². The fraction of sp³-hybridized carbons (Fsp3) is 0.192. The maximum absolute atomic E-state index is 12.6. The maximum Gasteiger partial charge on any atom is 0.261 e. The van der Waals surface area contributed by atoms with Gasteiger partial charge in [-0.3, -0.25) is 4.79 Å². The van der Waals surface area contributed by atoms with Gasteiger partial charge in [0.05, 0.1) is 6.54 Å². The topological polar surface area (TPSA) is 47.6 Å². The summed E-state index contributed by atoms with van der Waals surface area (Å²) < 4.78 is 11.8. The first-order chi connectivity index (χ1) is 14.7. The Kier molecular flexibility index (Phi) is 6.14. The lowest BCUT2D eigenvalue weighted by Gasteiger charge is -2.18. The van der Waals surface area contributed by atoms with Gasteiger partial charge in [0, 0.05) is 5.39 Å². The van der Waals surface area contributed by atoms with Crippen LogP contribution in [0.4, 0.5) is 0 Å². The summed E-state index contributed by atoms with van der Waals surface area (Å²) in [6.45, 7) is 2.76. The highest BCUT2D eigenvalue weighted by Gasteiger charge is 2.18. The van der Waals surface area contributed by atoms with Crippen LogP contribution >= 0.6 is 0 Å². The molecule has 1 N–H and O–H groups in total. The number of rotatable bonds is 8. The van der Waals surface area contributed by atoms with Gasteiger partial charge in [-0.1, -0.05) is 73.7 Å². The standard InChI is InChI=1S/C26H25NO3/c1-2-24(30-25-13-7-11-20-9-5-6-12-23(20)25)26(28)27-16-17-29-22-15-14-19-8-3-4-10-21(19)18-22/h3-15,18,24H,2,16-17H2,1H3,(H,27,28)/t24-/m1/s1. The number of hydrogen-bond acceptors (Lipinski definition) is 3. The minimum Gasteiger partial charge on any atom is -0.492 e. The quantitative estimate of drug-likeness (QED) is 0.407. The van der Waals surface area contributed by atoms with Gasteiger partial charge in [0.2, 0.25) is 0 Å². The summed E-state index contributed by atoms with van der Waals surface area (Å²) in [6.07, 6.45) is 0.0390. The molecule has 0 heterocycles. The number of carbonyl (C=O) groups is 1. The molecule has 30 heavy (non-hydrogen) atoms. The molecule has 0 unspecified atom stereocenters. The van der Waals surface area contributed by atoms with Crippen LogP contribution in [0.2, 0.25) is 0 Å². The summed E-state index contributed by atoms with van der Waals surface area (Å²) in [7, 11) is 0. The molecule has 0 aromatic heterocycles. The lowest BCUT2D eigenvalue weighted by molar-refractivity contribution is -0.128. The zero-order valence-electron chi connectivity index (χ0n) is 17.0. The first-order valence-corrected chi connectivity index (χ1v) is 10.3. The van der Waals surface area contributed by atoms with Crippen molar-refractivity contribution in [1.82, 2.24) is 5.32 Å². The van der Waals surface area contributed by atoms with Crippen LogP contribution in [0.15, 0.2) is 84.9 Å². The van der Waals surface area contributed by atoms with Gasteiger partial charge in [0.25, 0.3) is 5.91 Å². The third-order valence-corrected chi connectivity index (χ3v) is 5.07. The number of hydrogen-bond donors (Lipinski definition) is 1. The van der Waals surface area contributed by atoms with Crippen molar-refractivity contribution in [1.29, 1.82) is 0 Å². The van der Waals surface area contributed by atoms with Gasteiger partial charge in [-0.05, 0) is 40.8 Å². The molecule has 4 aromatic rings. The van der Waals surface area contributed by atoms with Crippen LogP contribution in [0.3, 0.4) is 0 Å². The summed E-state index contributed by atoms with van der Waals surface area (Å²) in [5.74, 6) is 1.39. The predicted octanol–water partition coefficient (Wildman–Crippen LogP) is 5.35. The van der Waals surface area contributed by atoms with Crippen LogP contribution in [-0.4, -0.2) is 25.2 Å². The highest BCUT2D eigenvalue weighted by Crippen LogP contribution is 2.26. The highest BCUT2D eigenvalue weighted by molar-refractivity contribution is 5.89. The fourth-order valence-electron chi connectivity index (χ4n) is 3.49. The molecule has 0 fully saturated rings. The molecule has 152 valence electrons. The van der Waals surface area contributed by atoms with Gasteiger partial charge in [-0.25, -0.2) is 0 Å². The van der Waals surface area contributed by atoms with Crippen molar-refractivity contribution in [2.75, 3.05) is 13.2 Å². The lowest BCUT2D eigenvalue weighted by atomic mass is 10.1. The third-order valence-electron chi connectivity index (χ3n) is 5.07. The van der Waals surface area contributed by atoms with E-state index in [2.05, 4.69) is 17.4 Å². The Morgan fingerprint density at radius 3 is 2.43 bits per heavy atom. The smallest absolute Gasteiger partial charge is 0.261 e. The molecule has 0 aliphatic carbocycles. The Labute approximate surface area is 176 Å². The van der Waals surface area contributed by atoms with E-state index in [-0.39, 0.29) is 5.91 Å². The van der Waals surface area contributed by atoms with E-state index >= 15 is 0 Å². The monoisotopic (exact) mass is 399 g/mol. The van der Waals surface area contributed by atoms with Crippen molar-refractivity contribution >= 4 is 27.5 Å². The van der Waals surface area contributed by atoms with E-state index in [0.29, 0.717) is 19.6 Å². The largest absolute Gasteiger partial charge is 0.492 e. The predicted molar refractivity (Wildman–Crippen MR) is 121 cm³/mol. The van der Waals surface area contributed by atoms with Crippen molar-refractivity contribution in [2.45, 2.75) is 19.4 Å². The molecule has 0 saturated heterocycles. The van der Waals surface area contributed by atoms with Crippen LogP contribution in [0.25, 0.3) is 21.5 Å². The number of fused-ring (bicyclic) bond motifs is 2. The molecule has 0 aliphatic heterocycles. The third kappa shape index (κ3) is 4.54. The van der Waals surface area contributed by atoms with Crippen LogP contribution in [0.1, 0.15) is 13.3 Å². The van der Waals surface area contributed by atoms with Crippen LogP contribution in [-0.2, 0) is 4.79 Å². The second-order valence-electron chi connectivity index (χ2n) is 7.14. The van der Waals surface area contributed by atoms with Crippen molar-refractivity contribution in [3.05, 3.63) is 84.9 Å². The average molecular weight is 399 g/mol. The number of nitrogens with one attached hydrogen (secondary N) is 1. The van der Waals surface area contributed by atoms with E-state index in [4.69, 9.17) is 9.47 Å². The van der Waals surface area contributed by atoms with Crippen LogP contribution in [0, 0.1) is 0 Å². The average Bonchev–Trinajstić information content (AvgIpc) is 2.80. The zero-order chi connectivity index (χ0) is 20.8. The number of ether oxygens (including phenoxy) is 2. The zero-order valence-corrected chi connectivity index (χ0v) is 17.0. The minimum atomic E-state index is -0.545. The summed E-state index contributed by atoms with van der Waals surface area (Å²) in [4.78, 5) is 12.6. The molecule has 0 radical (unpaired) electrons. The van der Waals surface area contributed by atoms with Crippen molar-refractivity contribution < 1.29 is 14.3 Å². The highest BCUT2D eigenvalue weighted by atomic mass is 16.5. The normalized spacial score (nSPS) is 11.9. The Morgan fingerprint density at radius 2 is 1.60 bits per heavy atom. The molecule has 0 spiro atoms. The van der Waals surface area contributed by atoms with Crippen molar-refractivity contribution in [3.63, 3.8) is 0 Å². The van der Waals surface area contributed by atoms with Crippen LogP contribution in [0.5, 0.6) is 11.5 Å². The molecule has 0 bridgehead atoms. The molecular formula is C26H25NO3. The second kappa shape index (κ2) is 9.31. The molecule has 4 aromatic carbocycles. The number of benzene rings is 4. The maximum atomic E-state index is 12.6. The lowest BCUT2D eigenvalue weighted by Crippen LogP contribution is -2.39. The van der Waals surface area contributed by atoms with E-state index in [0.717, 1.165) is 27.7 Å². The first-order valence-electron chi connectivity index (χ1n) is 10.3. The summed E-state index contributed by atoms with van der Waals surface area (Å²) in [5, 5.41) is 7.33. The van der Waals surface area contributed by atoms with Crippen molar-refractivity contribution in [2.24, 2.45) is 0 Å². The number of carbonyl (C=O) groups excluding carboxylic acids is 1. The van der Waals surface area contributed by atoms with Gasteiger partial charge < -0.3 is 14.8 Å². The Balaban J connectivity index is 1.31. The molecule has 1 amide bonds. The Morgan fingerprint density at radius 1 is 0.867 bits per heavy atom. The molecule has 1 atom stereocenters. The Hall–Kier alpha value is -3.53. The minimum absolute atomic E-state index is 0.132. The molecule has 0 aliphatic rings. The van der Waals surface area contributed by atoms with Gasteiger partial charge in [0.15, 0.2) is 6.10 Å². The first kappa shape index (κ1) is 19.8. The second-order valence-corrected chi connectivity index (χ2v) is 7.14. The van der Waals surface area contributed by atoms with E-state index in [1.807, 2.05) is 79.7 Å². The molecular weight excluding hydrogens is 374 g/mol. The van der Waals surface area contributed by atoms with Gasteiger partial charge in [-0.15, -0.1) is 0 Å². The van der Waals surface area contributed by atoms with E-state index in [1.54, 1.807) is 0 Å². The summed E-state index contributed by atoms with van der Waals surface area (Å²) >= 11 is 0. The van der Waals surface area contributed by atoms with E-state index in [9.17, 15) is 4.79 Å². The Bertz CT molecular complexity index is 1150. The number of amides is 1. The van der Waals surface area contributed by atoms with E-state index in [1.165, 1.54) is 5.39 Å². The molecule has 4 nitrogen and oxygen atoms in total. The van der Waals surface area contributed by atoms with Crippen molar-refractivity contribution in [3.8, 4) is 11.5 Å². The van der Waals surface area contributed by atoms with Crippen LogP contribution < -0.4 is 14.8 Å². The van der Waals surface area contributed by atoms with Gasteiger partial charge >= 0.3 is 0 Å². The molecule has 4 rings (SSSR count). The fourth-order valence-corrected chi connectivity index (χ4v) is 3.49. The van der Waals surface area contributed by atoms with Gasteiger partial charge in [-0.2, -0.15) is 0 Å². The SMILES string of the molecule is CC[C@@H](Oc1cccc2ccccc12)C(=O)NCCOc1ccc2ccccc2c1. The summed E-state index contributed by atoms with van der Waals surface area (Å²) in [5.41, 5.74) is 0.